The Balaban J connectivity index is 1.73. The quantitative estimate of drug-likeness (QED) is 0.676. The molecule has 1 aromatic heterocycles. The number of primary amides is 1. The second-order valence-electron chi connectivity index (χ2n) is 5.59. The normalized spacial score (nSPS) is 11.7. The van der Waals surface area contributed by atoms with E-state index in [4.69, 9.17) is 10.5 Å². The van der Waals surface area contributed by atoms with Gasteiger partial charge in [0.1, 0.15) is 5.00 Å². The Morgan fingerprint density at radius 2 is 1.77 bits per heavy atom. The Morgan fingerprint density at radius 1 is 1.04 bits per heavy atom. The number of nitrogens with one attached hydrogen (secondary N) is 1. The molecular formula is C19H16N2O4S. The third-order valence-electron chi connectivity index (χ3n) is 3.83. The minimum absolute atomic E-state index is 0.218. The summed E-state index contributed by atoms with van der Waals surface area (Å²) in [4.78, 5) is 36.1. The average Bonchev–Trinajstić information content (AvgIpc) is 3.09. The number of nitrogens with two attached hydrogens (primary N) is 1. The van der Waals surface area contributed by atoms with Crippen LogP contribution in [0.4, 0.5) is 5.00 Å². The number of amides is 2. The highest BCUT2D eigenvalue weighted by atomic mass is 32.1. The molecule has 0 radical (unpaired) electrons. The van der Waals surface area contributed by atoms with Crippen molar-refractivity contribution >= 4 is 44.9 Å². The maximum atomic E-state index is 12.5. The minimum atomic E-state index is -1.04. The highest BCUT2D eigenvalue weighted by molar-refractivity contribution is 7.14. The van der Waals surface area contributed by atoms with Gasteiger partial charge in [-0.3, -0.25) is 9.59 Å². The molecule has 3 aromatic rings. The Bertz CT molecular complexity index is 991. The first-order chi connectivity index (χ1) is 12.5. The molecule has 7 heteroatoms. The van der Waals surface area contributed by atoms with Crippen LogP contribution in [0.2, 0.25) is 0 Å². The van der Waals surface area contributed by atoms with Crippen molar-refractivity contribution in [2.24, 2.45) is 5.73 Å². The summed E-state index contributed by atoms with van der Waals surface area (Å²) in [7, 11) is 0. The average molecular weight is 368 g/mol. The fraction of sp³-hybridized carbons (Fsp3) is 0.105. The molecule has 1 heterocycles. The molecule has 0 bridgehead atoms. The van der Waals surface area contributed by atoms with Gasteiger partial charge in [-0.25, -0.2) is 4.79 Å². The molecule has 0 aliphatic heterocycles. The molecule has 2 aromatic carbocycles. The predicted molar refractivity (Wildman–Crippen MR) is 100 cm³/mol. The first-order valence-corrected chi connectivity index (χ1v) is 8.72. The second kappa shape index (κ2) is 7.37. The molecule has 3 N–H and O–H groups in total. The van der Waals surface area contributed by atoms with Gasteiger partial charge in [0.2, 0.25) is 0 Å². The molecule has 0 unspecified atom stereocenters. The predicted octanol–water partition coefficient (Wildman–Crippen LogP) is 3.18. The van der Waals surface area contributed by atoms with Crippen molar-refractivity contribution in [2.75, 3.05) is 5.32 Å². The molecule has 0 aliphatic carbocycles. The molecule has 2 amide bonds. The van der Waals surface area contributed by atoms with Crippen LogP contribution in [0.25, 0.3) is 10.8 Å². The van der Waals surface area contributed by atoms with Crippen molar-refractivity contribution < 1.29 is 19.1 Å². The van der Waals surface area contributed by atoms with E-state index in [1.54, 1.807) is 17.5 Å². The lowest BCUT2D eigenvalue weighted by molar-refractivity contribution is -0.123. The van der Waals surface area contributed by atoms with E-state index in [9.17, 15) is 14.4 Å². The second-order valence-corrected chi connectivity index (χ2v) is 6.51. The lowest BCUT2D eigenvalue weighted by Gasteiger charge is -2.14. The number of carbonyl (C=O) groups is 3. The van der Waals surface area contributed by atoms with E-state index < -0.39 is 23.9 Å². The summed E-state index contributed by atoms with van der Waals surface area (Å²) in [5.41, 5.74) is 5.86. The van der Waals surface area contributed by atoms with Crippen molar-refractivity contribution in [1.82, 2.24) is 0 Å². The van der Waals surface area contributed by atoms with Gasteiger partial charge in [0.15, 0.2) is 6.10 Å². The number of hydrogen-bond acceptors (Lipinski definition) is 5. The fourth-order valence-electron chi connectivity index (χ4n) is 2.49. The summed E-state index contributed by atoms with van der Waals surface area (Å²) in [5, 5.41) is 6.20. The summed E-state index contributed by atoms with van der Waals surface area (Å²) < 4.78 is 5.29. The number of fused-ring (bicyclic) bond motifs is 1. The molecule has 0 saturated carbocycles. The van der Waals surface area contributed by atoms with Gasteiger partial charge in [-0.2, -0.15) is 0 Å². The van der Waals surface area contributed by atoms with Gasteiger partial charge >= 0.3 is 5.97 Å². The van der Waals surface area contributed by atoms with Gasteiger partial charge < -0.3 is 15.8 Å². The third-order valence-corrected chi connectivity index (χ3v) is 4.66. The van der Waals surface area contributed by atoms with Gasteiger partial charge in [0, 0.05) is 0 Å². The maximum Gasteiger partial charge on any atom is 0.339 e. The van der Waals surface area contributed by atoms with Crippen LogP contribution in [0.3, 0.4) is 0 Å². The molecule has 0 saturated heterocycles. The first-order valence-electron chi connectivity index (χ1n) is 7.84. The number of anilines is 1. The zero-order chi connectivity index (χ0) is 18.7. The monoisotopic (exact) mass is 368 g/mol. The van der Waals surface area contributed by atoms with E-state index in [1.165, 1.54) is 24.3 Å². The van der Waals surface area contributed by atoms with Crippen molar-refractivity contribution in [3.8, 4) is 0 Å². The van der Waals surface area contributed by atoms with E-state index in [0.717, 1.165) is 10.8 Å². The highest BCUT2D eigenvalue weighted by Gasteiger charge is 2.22. The number of benzene rings is 2. The third kappa shape index (κ3) is 3.57. The van der Waals surface area contributed by atoms with Gasteiger partial charge in [-0.05, 0) is 35.2 Å². The molecule has 0 fully saturated rings. The highest BCUT2D eigenvalue weighted by Crippen LogP contribution is 2.23. The number of ether oxygens (including phenoxy) is 1. The number of carbonyl (C=O) groups excluding carboxylic acids is 3. The summed E-state index contributed by atoms with van der Waals surface area (Å²) in [6.07, 6.45) is -1.04. The van der Waals surface area contributed by atoms with Crippen molar-refractivity contribution in [2.45, 2.75) is 13.0 Å². The van der Waals surface area contributed by atoms with E-state index in [1.807, 2.05) is 30.3 Å². The summed E-state index contributed by atoms with van der Waals surface area (Å²) in [6, 6.07) is 14.3. The van der Waals surface area contributed by atoms with Gasteiger partial charge in [0.25, 0.3) is 11.8 Å². The molecule has 26 heavy (non-hydrogen) atoms. The van der Waals surface area contributed by atoms with Crippen molar-refractivity contribution in [1.29, 1.82) is 0 Å². The lowest BCUT2D eigenvalue weighted by Crippen LogP contribution is -2.30. The molecule has 1 atom stereocenters. The van der Waals surface area contributed by atoms with Crippen LogP contribution in [-0.2, 0) is 9.53 Å². The van der Waals surface area contributed by atoms with Crippen molar-refractivity contribution in [3.05, 3.63) is 65.0 Å². The van der Waals surface area contributed by atoms with Crippen LogP contribution < -0.4 is 11.1 Å². The standard InChI is InChI=1S/C19H16N2O4S/c1-11(17(23)21-18-15(16(20)22)9-10-26-18)25-19(24)14-8-4-6-12-5-2-3-7-13(12)14/h2-11H,1H3,(H2,20,22)(H,21,23)/t11-/m0/s1. The molecule has 0 spiro atoms. The smallest absolute Gasteiger partial charge is 0.339 e. The van der Waals surface area contributed by atoms with E-state index >= 15 is 0 Å². The van der Waals surface area contributed by atoms with Gasteiger partial charge in [-0.1, -0.05) is 36.4 Å². The maximum absolute atomic E-state index is 12.5. The topological polar surface area (TPSA) is 98.5 Å². The number of hydrogen-bond donors (Lipinski definition) is 2. The van der Waals surface area contributed by atoms with Crippen molar-refractivity contribution in [3.63, 3.8) is 0 Å². The summed E-state index contributed by atoms with van der Waals surface area (Å²) >= 11 is 1.17. The van der Waals surface area contributed by atoms with Crippen LogP contribution in [0.15, 0.2) is 53.9 Å². The van der Waals surface area contributed by atoms with Gasteiger partial charge in [0.05, 0.1) is 11.1 Å². The first kappa shape index (κ1) is 17.6. The Morgan fingerprint density at radius 3 is 2.54 bits per heavy atom. The molecule has 6 nitrogen and oxygen atoms in total. The summed E-state index contributed by atoms with van der Waals surface area (Å²) in [5.74, 6) is -1.77. The SMILES string of the molecule is C[C@H](OC(=O)c1cccc2ccccc12)C(=O)Nc1sccc1C(N)=O. The van der Waals surface area contributed by atoms with Gasteiger partial charge in [-0.15, -0.1) is 11.3 Å². The summed E-state index contributed by atoms with van der Waals surface area (Å²) in [6.45, 7) is 1.47. The molecule has 132 valence electrons. The number of rotatable bonds is 5. The van der Waals surface area contributed by atoms with E-state index in [2.05, 4.69) is 5.32 Å². The zero-order valence-electron chi connectivity index (χ0n) is 13.9. The lowest BCUT2D eigenvalue weighted by atomic mass is 10.0. The molecule has 0 aliphatic rings. The number of esters is 1. The fourth-order valence-corrected chi connectivity index (χ4v) is 3.29. The Hall–Kier alpha value is -3.19. The minimum Gasteiger partial charge on any atom is -0.449 e. The van der Waals surface area contributed by atoms with Crippen LogP contribution in [0, 0.1) is 0 Å². The Kier molecular flexibility index (Phi) is 4.99. The number of thiophene rings is 1. The Labute approximate surface area is 153 Å². The zero-order valence-corrected chi connectivity index (χ0v) is 14.7. The van der Waals surface area contributed by atoms with E-state index in [-0.39, 0.29) is 5.56 Å². The van der Waals surface area contributed by atoms with E-state index in [0.29, 0.717) is 10.6 Å². The largest absolute Gasteiger partial charge is 0.449 e. The van der Waals surface area contributed by atoms with Crippen LogP contribution in [0.5, 0.6) is 0 Å². The van der Waals surface area contributed by atoms with Crippen LogP contribution in [-0.4, -0.2) is 23.9 Å². The van der Waals surface area contributed by atoms with Crippen LogP contribution >= 0.6 is 11.3 Å². The molecule has 3 rings (SSSR count). The van der Waals surface area contributed by atoms with Crippen LogP contribution in [0.1, 0.15) is 27.6 Å². The molecular weight excluding hydrogens is 352 g/mol.